The maximum Gasteiger partial charge on any atom is 0.305 e. The minimum Gasteiger partial charge on any atom is -0.481 e. The Morgan fingerprint density at radius 1 is 1.14 bits per heavy atom. The second-order valence-electron chi connectivity index (χ2n) is 5.17. The average Bonchev–Trinajstić information content (AvgIpc) is 2.96. The van der Waals surface area contributed by atoms with Gasteiger partial charge in [0.2, 0.25) is 10.0 Å². The summed E-state index contributed by atoms with van der Waals surface area (Å²) in [5, 5.41) is 9.15. The van der Waals surface area contributed by atoms with Crippen molar-refractivity contribution in [2.24, 2.45) is 0 Å². The van der Waals surface area contributed by atoms with Gasteiger partial charge in [-0.05, 0) is 24.3 Å². The molecule has 1 aliphatic heterocycles. The number of carboxylic acid groups (broad SMARTS) is 1. The molecule has 2 aromatic rings. The summed E-state index contributed by atoms with van der Waals surface area (Å²) in [5.41, 5.74) is 0.716. The third-order valence-corrected chi connectivity index (χ3v) is 5.76. The number of carboxylic acids is 1. The van der Waals surface area contributed by atoms with Crippen LogP contribution in [-0.2, 0) is 21.4 Å². The first-order valence-corrected chi connectivity index (χ1v) is 8.38. The van der Waals surface area contributed by atoms with Crippen LogP contribution in [0.15, 0.2) is 53.6 Å². The molecular formula is C15H16N2O4S. The maximum atomic E-state index is 12.8. The molecular weight excluding hydrogens is 304 g/mol. The van der Waals surface area contributed by atoms with Crippen LogP contribution in [0.3, 0.4) is 0 Å². The number of fused-ring (bicyclic) bond motifs is 1. The van der Waals surface area contributed by atoms with Crippen molar-refractivity contribution in [3.63, 3.8) is 0 Å². The number of hydrogen-bond acceptors (Lipinski definition) is 3. The van der Waals surface area contributed by atoms with Gasteiger partial charge in [0.1, 0.15) is 0 Å². The summed E-state index contributed by atoms with van der Waals surface area (Å²) in [6, 6.07) is 11.0. The summed E-state index contributed by atoms with van der Waals surface area (Å²) in [5.74, 6) is -1.02. The topological polar surface area (TPSA) is 79.6 Å². The molecule has 2 heterocycles. The van der Waals surface area contributed by atoms with E-state index < -0.39 is 22.0 Å². The van der Waals surface area contributed by atoms with E-state index in [4.69, 9.17) is 5.11 Å². The third-order valence-electron chi connectivity index (χ3n) is 3.83. The molecule has 1 unspecified atom stereocenters. The number of carbonyl (C=O) groups is 1. The smallest absolute Gasteiger partial charge is 0.305 e. The zero-order valence-corrected chi connectivity index (χ0v) is 12.6. The minimum atomic E-state index is -3.72. The van der Waals surface area contributed by atoms with E-state index in [0.717, 1.165) is 0 Å². The second-order valence-corrected chi connectivity index (χ2v) is 7.06. The summed E-state index contributed by atoms with van der Waals surface area (Å²) >= 11 is 0. The van der Waals surface area contributed by atoms with Crippen molar-refractivity contribution < 1.29 is 18.3 Å². The molecule has 1 atom stereocenters. The van der Waals surface area contributed by atoms with Gasteiger partial charge in [0.25, 0.3) is 0 Å². The number of aliphatic carboxylic acids is 1. The van der Waals surface area contributed by atoms with E-state index >= 15 is 0 Å². The number of sulfonamides is 1. The molecule has 0 bridgehead atoms. The van der Waals surface area contributed by atoms with Gasteiger partial charge in [-0.1, -0.05) is 18.2 Å². The van der Waals surface area contributed by atoms with Crippen LogP contribution in [0.2, 0.25) is 0 Å². The van der Waals surface area contributed by atoms with Gasteiger partial charge in [0.05, 0.1) is 17.4 Å². The van der Waals surface area contributed by atoms with Gasteiger partial charge in [-0.15, -0.1) is 0 Å². The van der Waals surface area contributed by atoms with Gasteiger partial charge in [-0.3, -0.25) is 4.79 Å². The first kappa shape index (κ1) is 14.8. The molecule has 0 spiro atoms. The molecule has 1 N–H and O–H groups in total. The Morgan fingerprint density at radius 3 is 2.55 bits per heavy atom. The predicted molar refractivity (Wildman–Crippen MR) is 79.8 cm³/mol. The maximum absolute atomic E-state index is 12.8. The highest BCUT2D eigenvalue weighted by atomic mass is 32.2. The highest BCUT2D eigenvalue weighted by Gasteiger charge is 2.37. The fourth-order valence-corrected chi connectivity index (χ4v) is 4.44. The van der Waals surface area contributed by atoms with Crippen LogP contribution < -0.4 is 0 Å². The van der Waals surface area contributed by atoms with Crippen LogP contribution in [0.25, 0.3) is 0 Å². The molecule has 1 aliphatic rings. The van der Waals surface area contributed by atoms with Gasteiger partial charge in [0, 0.05) is 25.0 Å². The molecule has 0 saturated heterocycles. The number of aromatic nitrogens is 1. The third kappa shape index (κ3) is 2.53. The van der Waals surface area contributed by atoms with Crippen LogP contribution in [0.5, 0.6) is 0 Å². The Hall–Kier alpha value is -2.12. The van der Waals surface area contributed by atoms with Gasteiger partial charge in [-0.2, -0.15) is 4.31 Å². The van der Waals surface area contributed by atoms with E-state index in [0.29, 0.717) is 12.2 Å². The van der Waals surface area contributed by atoms with E-state index in [2.05, 4.69) is 0 Å². The molecule has 7 heteroatoms. The van der Waals surface area contributed by atoms with Crippen LogP contribution in [0, 0.1) is 0 Å². The lowest BCUT2D eigenvalue weighted by atomic mass is 10.1. The first-order chi connectivity index (χ1) is 10.5. The first-order valence-electron chi connectivity index (χ1n) is 6.94. The normalized spacial score (nSPS) is 18.8. The minimum absolute atomic E-state index is 0.186. The van der Waals surface area contributed by atoms with Crippen molar-refractivity contribution in [1.29, 1.82) is 0 Å². The Balaban J connectivity index is 2.04. The quantitative estimate of drug-likeness (QED) is 0.930. The summed E-state index contributed by atoms with van der Waals surface area (Å²) in [6.07, 6.45) is 1.59. The standard InChI is InChI=1S/C15H16N2O4S/c18-15(19)11-14-13-7-4-8-16(13)9-10-17(14)22(20,21)12-5-2-1-3-6-12/h1-8,14H,9-11H2,(H,18,19). The van der Waals surface area contributed by atoms with Gasteiger partial charge in [-0.25, -0.2) is 8.42 Å². The van der Waals surface area contributed by atoms with Crippen molar-refractivity contribution >= 4 is 16.0 Å². The molecule has 0 saturated carbocycles. The molecule has 22 heavy (non-hydrogen) atoms. The second kappa shape index (κ2) is 5.58. The summed E-state index contributed by atoms with van der Waals surface area (Å²) in [4.78, 5) is 11.4. The lowest BCUT2D eigenvalue weighted by molar-refractivity contribution is -0.138. The van der Waals surface area contributed by atoms with Crippen LogP contribution in [0.4, 0.5) is 0 Å². The van der Waals surface area contributed by atoms with Crippen molar-refractivity contribution in [3.8, 4) is 0 Å². The number of rotatable bonds is 4. The molecule has 0 fully saturated rings. The molecule has 0 amide bonds. The fourth-order valence-electron chi connectivity index (χ4n) is 2.83. The highest BCUT2D eigenvalue weighted by molar-refractivity contribution is 7.89. The zero-order valence-electron chi connectivity index (χ0n) is 11.8. The van der Waals surface area contributed by atoms with Gasteiger partial charge >= 0.3 is 5.97 Å². The fraction of sp³-hybridized carbons (Fsp3) is 0.267. The Bertz CT molecular complexity index is 783. The lowest BCUT2D eigenvalue weighted by Crippen LogP contribution is -2.42. The van der Waals surface area contributed by atoms with Crippen molar-refractivity contribution in [2.45, 2.75) is 23.9 Å². The van der Waals surface area contributed by atoms with Crippen LogP contribution in [0.1, 0.15) is 18.2 Å². The van der Waals surface area contributed by atoms with Crippen molar-refractivity contribution in [1.82, 2.24) is 8.87 Å². The van der Waals surface area contributed by atoms with E-state index in [1.54, 1.807) is 24.3 Å². The van der Waals surface area contributed by atoms with E-state index in [9.17, 15) is 13.2 Å². The number of hydrogen-bond donors (Lipinski definition) is 1. The SMILES string of the molecule is O=C(O)CC1c2cccn2CCN1S(=O)(=O)c1ccccc1. The average molecular weight is 320 g/mol. The zero-order chi connectivity index (χ0) is 15.7. The van der Waals surface area contributed by atoms with E-state index in [-0.39, 0.29) is 17.9 Å². The molecule has 116 valence electrons. The van der Waals surface area contributed by atoms with Gasteiger partial charge in [0.15, 0.2) is 0 Å². The Morgan fingerprint density at radius 2 is 1.86 bits per heavy atom. The predicted octanol–water partition coefficient (Wildman–Crippen LogP) is 1.71. The summed E-state index contributed by atoms with van der Waals surface area (Å²) in [7, 11) is -3.72. The highest BCUT2D eigenvalue weighted by Crippen LogP contribution is 2.33. The summed E-state index contributed by atoms with van der Waals surface area (Å²) in [6.45, 7) is 0.779. The van der Waals surface area contributed by atoms with Crippen molar-refractivity contribution in [3.05, 3.63) is 54.4 Å². The number of benzene rings is 1. The monoisotopic (exact) mass is 320 g/mol. The Kier molecular flexibility index (Phi) is 3.76. The Labute approximate surface area is 128 Å². The van der Waals surface area contributed by atoms with Crippen molar-refractivity contribution in [2.75, 3.05) is 6.54 Å². The molecule has 0 radical (unpaired) electrons. The van der Waals surface area contributed by atoms with Crippen LogP contribution >= 0.6 is 0 Å². The van der Waals surface area contributed by atoms with Crippen LogP contribution in [-0.4, -0.2) is 34.9 Å². The van der Waals surface area contributed by atoms with E-state index in [1.807, 2.05) is 16.8 Å². The van der Waals surface area contributed by atoms with E-state index in [1.165, 1.54) is 16.4 Å². The largest absolute Gasteiger partial charge is 0.481 e. The molecule has 1 aromatic heterocycles. The molecule has 3 rings (SSSR count). The molecule has 6 nitrogen and oxygen atoms in total. The number of nitrogens with zero attached hydrogens (tertiary/aromatic N) is 2. The molecule has 1 aromatic carbocycles. The molecule has 0 aliphatic carbocycles. The lowest BCUT2D eigenvalue weighted by Gasteiger charge is -2.35. The van der Waals surface area contributed by atoms with Gasteiger partial charge < -0.3 is 9.67 Å². The summed E-state index contributed by atoms with van der Waals surface area (Å²) < 4.78 is 28.9.